The van der Waals surface area contributed by atoms with Gasteiger partial charge < -0.3 is 9.13 Å². The lowest BCUT2D eigenvalue weighted by molar-refractivity contribution is 0.660. The maximum atomic E-state index is 10.4. The molecule has 0 fully saturated rings. The summed E-state index contributed by atoms with van der Waals surface area (Å²) < 4.78 is 4.72. The van der Waals surface area contributed by atoms with Gasteiger partial charge in [-0.25, -0.2) is 4.85 Å². The Labute approximate surface area is 348 Å². The van der Waals surface area contributed by atoms with E-state index in [4.69, 9.17) is 6.57 Å². The van der Waals surface area contributed by atoms with Gasteiger partial charge in [0.25, 0.3) is 0 Å². The third-order valence-electron chi connectivity index (χ3n) is 13.8. The number of rotatable bonds is 3. The standard InChI is InChI=1S/C56H38N4/c1-55(2)41-18-10-6-14-37(41)51-43(55)26-28-47-53(51)39-16-8-12-20-45(39)59(47)49-30-33(32-57)22-24-35(49)36-25-23-34(58-5)31-50(36)60-46-21-13-9-17-40(46)54-48(60)29-27-44-52(54)38-15-7-11-19-42(38)56(44,3)4/h6-31H,1-4H3. The number of benzene rings is 8. The molecule has 8 aromatic carbocycles. The first-order valence-electron chi connectivity index (χ1n) is 20.6. The summed E-state index contributed by atoms with van der Waals surface area (Å²) in [6.07, 6.45) is 0. The van der Waals surface area contributed by atoms with Gasteiger partial charge >= 0.3 is 0 Å². The fourth-order valence-electron chi connectivity index (χ4n) is 11.0. The van der Waals surface area contributed by atoms with Crippen molar-refractivity contribution < 1.29 is 0 Å². The zero-order chi connectivity index (χ0) is 40.7. The highest BCUT2D eigenvalue weighted by Crippen LogP contribution is 2.55. The molecule has 0 atom stereocenters. The van der Waals surface area contributed by atoms with Gasteiger partial charge in [0.1, 0.15) is 0 Å². The van der Waals surface area contributed by atoms with Crippen LogP contribution in [0.4, 0.5) is 5.69 Å². The Morgan fingerprint density at radius 1 is 0.467 bits per heavy atom. The van der Waals surface area contributed by atoms with Crippen LogP contribution in [-0.2, 0) is 10.8 Å². The SMILES string of the molecule is [C-]#[N+]c1ccc(-c2ccc(C#N)cc2-n2c3ccccc3c3c4c(ccc32)C(C)(C)c2ccccc2-4)c(-n2c3ccccc3c3c4c(ccc32)C(C)(C)c2ccccc2-4)c1. The van der Waals surface area contributed by atoms with E-state index in [1.54, 1.807) is 0 Å². The van der Waals surface area contributed by atoms with Gasteiger partial charge in [-0.3, -0.25) is 0 Å². The summed E-state index contributed by atoms with van der Waals surface area (Å²) >= 11 is 0. The molecule has 2 aromatic heterocycles. The molecule has 60 heavy (non-hydrogen) atoms. The Hall–Kier alpha value is -7.66. The molecule has 0 N–H and O–H groups in total. The smallest absolute Gasteiger partial charge is 0.189 e. The Balaban J connectivity index is 1.19. The molecule has 0 spiro atoms. The first kappa shape index (κ1) is 34.4. The van der Waals surface area contributed by atoms with Gasteiger partial charge in [0.2, 0.25) is 0 Å². The molecule has 4 nitrogen and oxygen atoms in total. The lowest BCUT2D eigenvalue weighted by atomic mass is 9.82. The highest BCUT2D eigenvalue weighted by molar-refractivity contribution is 6.20. The largest absolute Gasteiger partial charge is 0.310 e. The van der Waals surface area contributed by atoms with Crippen LogP contribution in [0.15, 0.2) is 158 Å². The predicted molar refractivity (Wildman–Crippen MR) is 247 cm³/mol. The van der Waals surface area contributed by atoms with Crippen molar-refractivity contribution in [1.29, 1.82) is 5.26 Å². The van der Waals surface area contributed by atoms with E-state index in [2.05, 4.69) is 181 Å². The molecule has 0 amide bonds. The van der Waals surface area contributed by atoms with Gasteiger partial charge in [-0.15, -0.1) is 0 Å². The molecule has 0 unspecified atom stereocenters. The minimum absolute atomic E-state index is 0.143. The van der Waals surface area contributed by atoms with Gasteiger partial charge in [0.15, 0.2) is 5.69 Å². The Bertz CT molecular complexity index is 3390. The van der Waals surface area contributed by atoms with E-state index in [0.29, 0.717) is 11.3 Å². The fraction of sp³-hybridized carbons (Fsp3) is 0.107. The first-order chi connectivity index (χ1) is 29.2. The lowest BCUT2D eigenvalue weighted by Crippen LogP contribution is -2.14. The van der Waals surface area contributed by atoms with Crippen molar-refractivity contribution in [3.8, 4) is 50.8 Å². The molecule has 4 heteroatoms. The number of nitriles is 1. The van der Waals surface area contributed by atoms with Crippen LogP contribution in [0.2, 0.25) is 0 Å². The van der Waals surface area contributed by atoms with Crippen molar-refractivity contribution in [1.82, 2.24) is 9.13 Å². The van der Waals surface area contributed by atoms with Crippen LogP contribution in [-0.4, -0.2) is 9.13 Å². The molecule has 12 rings (SSSR count). The van der Waals surface area contributed by atoms with Crippen molar-refractivity contribution in [3.63, 3.8) is 0 Å². The minimum atomic E-state index is -0.144. The minimum Gasteiger partial charge on any atom is -0.310 e. The van der Waals surface area contributed by atoms with E-state index in [1.165, 1.54) is 66.1 Å². The number of para-hydroxylation sites is 2. The zero-order valence-electron chi connectivity index (χ0n) is 33.8. The highest BCUT2D eigenvalue weighted by Gasteiger charge is 2.39. The van der Waals surface area contributed by atoms with Crippen molar-refractivity contribution in [2.75, 3.05) is 0 Å². The average molecular weight is 767 g/mol. The van der Waals surface area contributed by atoms with Crippen LogP contribution in [0.25, 0.3) is 93.2 Å². The molecule has 2 aliphatic carbocycles. The van der Waals surface area contributed by atoms with Gasteiger partial charge in [0.05, 0.1) is 46.0 Å². The highest BCUT2D eigenvalue weighted by atomic mass is 15.0. The zero-order valence-corrected chi connectivity index (χ0v) is 33.8. The van der Waals surface area contributed by atoms with Crippen molar-refractivity contribution in [2.45, 2.75) is 38.5 Å². The predicted octanol–water partition coefficient (Wildman–Crippen LogP) is 14.6. The summed E-state index contributed by atoms with van der Waals surface area (Å²) in [4.78, 5) is 3.98. The normalized spacial score (nSPS) is 14.2. The summed E-state index contributed by atoms with van der Waals surface area (Å²) in [6.45, 7) is 17.5. The quantitative estimate of drug-likeness (QED) is 0.165. The van der Waals surface area contributed by atoms with E-state index < -0.39 is 0 Å². The van der Waals surface area contributed by atoms with Crippen LogP contribution in [0.1, 0.15) is 55.5 Å². The molecule has 0 radical (unpaired) electrons. The second kappa shape index (κ2) is 12.0. The second-order valence-electron chi connectivity index (χ2n) is 17.5. The number of fused-ring (bicyclic) bond motifs is 14. The summed E-state index contributed by atoms with van der Waals surface area (Å²) in [7, 11) is 0. The van der Waals surface area contributed by atoms with Crippen LogP contribution in [0.5, 0.6) is 0 Å². The summed E-state index contributed by atoms with van der Waals surface area (Å²) in [6, 6.07) is 58.8. The molecule has 0 aliphatic heterocycles. The Kier molecular flexibility index (Phi) is 6.85. The van der Waals surface area contributed by atoms with Crippen LogP contribution in [0.3, 0.4) is 0 Å². The molecule has 282 valence electrons. The van der Waals surface area contributed by atoms with Crippen LogP contribution < -0.4 is 0 Å². The van der Waals surface area contributed by atoms with Crippen molar-refractivity contribution in [3.05, 3.63) is 197 Å². The monoisotopic (exact) mass is 766 g/mol. The van der Waals surface area contributed by atoms with E-state index in [9.17, 15) is 5.26 Å². The molecular weight excluding hydrogens is 729 g/mol. The molecular formula is C56H38N4. The first-order valence-corrected chi connectivity index (χ1v) is 20.6. The van der Waals surface area contributed by atoms with E-state index in [1.807, 2.05) is 24.3 Å². The number of hydrogen-bond donors (Lipinski definition) is 0. The van der Waals surface area contributed by atoms with E-state index in [0.717, 1.165) is 44.6 Å². The van der Waals surface area contributed by atoms with Gasteiger partial charge in [-0.2, -0.15) is 5.26 Å². The van der Waals surface area contributed by atoms with Gasteiger partial charge in [0, 0.05) is 49.2 Å². The van der Waals surface area contributed by atoms with E-state index >= 15 is 0 Å². The molecule has 2 heterocycles. The Morgan fingerprint density at radius 3 is 1.45 bits per heavy atom. The fourth-order valence-corrected chi connectivity index (χ4v) is 11.0. The molecule has 0 saturated carbocycles. The topological polar surface area (TPSA) is 38.0 Å². The average Bonchev–Trinajstić information content (AvgIpc) is 3.95. The number of aromatic nitrogens is 2. The summed E-state index contributed by atoms with van der Waals surface area (Å²) in [5, 5.41) is 15.2. The molecule has 10 aromatic rings. The van der Waals surface area contributed by atoms with Crippen molar-refractivity contribution >= 4 is 49.3 Å². The van der Waals surface area contributed by atoms with Gasteiger partial charge in [-0.1, -0.05) is 143 Å². The second-order valence-corrected chi connectivity index (χ2v) is 17.5. The third-order valence-corrected chi connectivity index (χ3v) is 13.8. The third kappa shape index (κ3) is 4.32. The van der Waals surface area contributed by atoms with Crippen LogP contribution in [0, 0.1) is 17.9 Å². The lowest BCUT2D eigenvalue weighted by Gasteiger charge is -2.22. The molecule has 0 saturated heterocycles. The number of hydrogen-bond acceptors (Lipinski definition) is 1. The van der Waals surface area contributed by atoms with E-state index in [-0.39, 0.29) is 10.8 Å². The maximum Gasteiger partial charge on any atom is 0.189 e. The summed E-state index contributed by atoms with van der Waals surface area (Å²) in [5.41, 5.74) is 19.4. The van der Waals surface area contributed by atoms with Crippen LogP contribution >= 0.6 is 0 Å². The molecule has 0 bridgehead atoms. The summed E-state index contributed by atoms with van der Waals surface area (Å²) in [5.74, 6) is 0. The van der Waals surface area contributed by atoms with Crippen molar-refractivity contribution in [2.24, 2.45) is 0 Å². The van der Waals surface area contributed by atoms with Gasteiger partial charge in [-0.05, 0) is 87.0 Å². The Morgan fingerprint density at radius 2 is 0.933 bits per heavy atom. The molecule has 2 aliphatic rings. The maximum absolute atomic E-state index is 10.4. The number of nitrogens with zero attached hydrogens (tertiary/aromatic N) is 4.